The van der Waals surface area contributed by atoms with E-state index in [2.05, 4.69) is 16.0 Å². The number of hydrogen-bond acceptors (Lipinski definition) is 4. The maximum Gasteiger partial charge on any atom is 0.325 e. The molecule has 1 aliphatic heterocycles. The summed E-state index contributed by atoms with van der Waals surface area (Å²) in [4.78, 5) is 52.1. The van der Waals surface area contributed by atoms with Crippen molar-refractivity contribution in [2.75, 3.05) is 17.2 Å². The maximum atomic E-state index is 13.3. The van der Waals surface area contributed by atoms with Crippen LogP contribution in [-0.2, 0) is 15.1 Å². The van der Waals surface area contributed by atoms with Gasteiger partial charge in [0.05, 0.1) is 0 Å². The fraction of sp³-hybridized carbons (Fsp3) is 0.103. The highest BCUT2D eigenvalue weighted by atomic mass is 16.2. The van der Waals surface area contributed by atoms with E-state index in [9.17, 15) is 19.2 Å². The zero-order valence-corrected chi connectivity index (χ0v) is 20.0. The molecule has 8 nitrogen and oxygen atoms in total. The fourth-order valence-electron chi connectivity index (χ4n) is 4.35. The van der Waals surface area contributed by atoms with Crippen LogP contribution in [0.25, 0.3) is 10.8 Å². The standard InChI is InChI=1S/C29H24N4O4/c1-29(22-15-14-19-8-5-6-11-21(19)16-22)27(36)33(28(37)32-29)18-25(34)30-23-12-7-13-24(17-23)31-26(35)20-9-3-2-4-10-20/h2-17H,18H2,1H3,(H,30,34)(H,31,35)(H,32,37). The van der Waals surface area contributed by atoms with Crippen molar-refractivity contribution >= 4 is 45.9 Å². The minimum Gasteiger partial charge on any atom is -0.324 e. The summed E-state index contributed by atoms with van der Waals surface area (Å²) in [7, 11) is 0. The number of carbonyl (C=O) groups is 4. The van der Waals surface area contributed by atoms with Crippen LogP contribution in [0, 0.1) is 0 Å². The van der Waals surface area contributed by atoms with Gasteiger partial charge in [0.15, 0.2) is 0 Å². The van der Waals surface area contributed by atoms with Gasteiger partial charge in [-0.2, -0.15) is 0 Å². The van der Waals surface area contributed by atoms with Crippen molar-refractivity contribution < 1.29 is 19.2 Å². The lowest BCUT2D eigenvalue weighted by molar-refractivity contribution is -0.133. The van der Waals surface area contributed by atoms with Crippen LogP contribution in [0.2, 0.25) is 0 Å². The van der Waals surface area contributed by atoms with Gasteiger partial charge < -0.3 is 16.0 Å². The van der Waals surface area contributed by atoms with Crippen molar-refractivity contribution in [3.63, 3.8) is 0 Å². The molecule has 0 bridgehead atoms. The SMILES string of the molecule is CC1(c2ccc3ccccc3c2)NC(=O)N(CC(=O)Nc2cccc(NC(=O)c3ccccc3)c2)C1=O. The number of anilines is 2. The first-order valence-corrected chi connectivity index (χ1v) is 11.7. The number of urea groups is 1. The van der Waals surface area contributed by atoms with E-state index >= 15 is 0 Å². The van der Waals surface area contributed by atoms with Crippen molar-refractivity contribution in [2.45, 2.75) is 12.5 Å². The number of amides is 5. The molecule has 0 aliphatic carbocycles. The number of fused-ring (bicyclic) bond motifs is 1. The molecule has 1 heterocycles. The normalized spacial score (nSPS) is 16.9. The van der Waals surface area contributed by atoms with Gasteiger partial charge >= 0.3 is 6.03 Å². The summed E-state index contributed by atoms with van der Waals surface area (Å²) < 4.78 is 0. The third-order valence-corrected chi connectivity index (χ3v) is 6.34. The third kappa shape index (κ3) is 4.77. The highest BCUT2D eigenvalue weighted by Gasteiger charge is 2.49. The van der Waals surface area contributed by atoms with Gasteiger partial charge in [-0.05, 0) is 59.7 Å². The Hall–Kier alpha value is -4.98. The van der Waals surface area contributed by atoms with Crippen LogP contribution in [-0.4, -0.2) is 35.2 Å². The van der Waals surface area contributed by atoms with Crippen molar-refractivity contribution in [3.05, 3.63) is 108 Å². The lowest BCUT2D eigenvalue weighted by atomic mass is 9.90. The van der Waals surface area contributed by atoms with E-state index in [1.54, 1.807) is 61.5 Å². The van der Waals surface area contributed by atoms with Crippen LogP contribution in [0.3, 0.4) is 0 Å². The molecule has 0 aromatic heterocycles. The van der Waals surface area contributed by atoms with Crippen molar-refractivity contribution in [1.29, 1.82) is 0 Å². The van der Waals surface area contributed by atoms with Crippen LogP contribution in [0.5, 0.6) is 0 Å². The van der Waals surface area contributed by atoms with Gasteiger partial charge in [0, 0.05) is 16.9 Å². The fourth-order valence-corrected chi connectivity index (χ4v) is 4.35. The highest BCUT2D eigenvalue weighted by Crippen LogP contribution is 2.31. The van der Waals surface area contributed by atoms with Crippen LogP contribution in [0.1, 0.15) is 22.8 Å². The summed E-state index contributed by atoms with van der Waals surface area (Å²) in [5.74, 6) is -1.33. The van der Waals surface area contributed by atoms with Crippen molar-refractivity contribution in [3.8, 4) is 0 Å². The Balaban J connectivity index is 1.26. The average molecular weight is 493 g/mol. The number of carbonyl (C=O) groups excluding carboxylic acids is 4. The largest absolute Gasteiger partial charge is 0.325 e. The first kappa shape index (κ1) is 23.7. The first-order chi connectivity index (χ1) is 17.8. The van der Waals surface area contributed by atoms with Gasteiger partial charge in [-0.1, -0.05) is 60.7 Å². The molecule has 4 aromatic carbocycles. The smallest absolute Gasteiger partial charge is 0.324 e. The van der Waals surface area contributed by atoms with E-state index in [0.29, 0.717) is 22.5 Å². The van der Waals surface area contributed by atoms with Crippen LogP contribution < -0.4 is 16.0 Å². The van der Waals surface area contributed by atoms with Gasteiger partial charge in [-0.25, -0.2) is 4.79 Å². The molecule has 1 saturated heterocycles. The summed E-state index contributed by atoms with van der Waals surface area (Å²) >= 11 is 0. The highest BCUT2D eigenvalue weighted by molar-refractivity contribution is 6.10. The lowest BCUT2D eigenvalue weighted by Gasteiger charge is -2.22. The molecule has 1 unspecified atom stereocenters. The molecule has 0 radical (unpaired) electrons. The molecule has 5 rings (SSSR count). The Morgan fingerprint density at radius 3 is 2.22 bits per heavy atom. The van der Waals surface area contributed by atoms with Crippen LogP contribution in [0.4, 0.5) is 16.2 Å². The molecule has 1 fully saturated rings. The predicted octanol–water partition coefficient (Wildman–Crippen LogP) is 4.50. The number of benzene rings is 4. The maximum absolute atomic E-state index is 13.3. The second kappa shape index (κ2) is 9.58. The van der Waals surface area contributed by atoms with E-state index in [0.717, 1.165) is 15.7 Å². The number of hydrogen-bond donors (Lipinski definition) is 3. The molecule has 4 aromatic rings. The van der Waals surface area contributed by atoms with Crippen LogP contribution >= 0.6 is 0 Å². The molecule has 184 valence electrons. The minimum absolute atomic E-state index is 0.281. The number of imide groups is 1. The quantitative estimate of drug-likeness (QED) is 0.345. The van der Waals surface area contributed by atoms with E-state index in [1.807, 2.05) is 42.5 Å². The summed E-state index contributed by atoms with van der Waals surface area (Å²) in [5, 5.41) is 10.2. The Morgan fingerprint density at radius 2 is 1.46 bits per heavy atom. The van der Waals surface area contributed by atoms with Gasteiger partial charge in [0.2, 0.25) is 5.91 Å². The zero-order valence-electron chi connectivity index (χ0n) is 20.0. The Kier molecular flexibility index (Phi) is 6.15. The topological polar surface area (TPSA) is 108 Å². The summed E-state index contributed by atoms with van der Waals surface area (Å²) in [6.07, 6.45) is 0. The van der Waals surface area contributed by atoms with E-state index in [4.69, 9.17) is 0 Å². The Bertz CT molecular complexity index is 1540. The summed E-state index contributed by atoms with van der Waals surface area (Å²) in [6, 6.07) is 28.1. The molecule has 0 spiro atoms. The molecule has 1 atom stereocenters. The van der Waals surface area contributed by atoms with Gasteiger partial charge in [0.1, 0.15) is 12.1 Å². The van der Waals surface area contributed by atoms with Gasteiger partial charge in [0.25, 0.3) is 11.8 Å². The second-order valence-corrected chi connectivity index (χ2v) is 8.96. The van der Waals surface area contributed by atoms with Gasteiger partial charge in [-0.3, -0.25) is 19.3 Å². The third-order valence-electron chi connectivity index (χ3n) is 6.34. The van der Waals surface area contributed by atoms with Crippen molar-refractivity contribution in [2.24, 2.45) is 0 Å². The number of nitrogens with one attached hydrogen (secondary N) is 3. The van der Waals surface area contributed by atoms with Gasteiger partial charge in [-0.15, -0.1) is 0 Å². The summed E-state index contributed by atoms with van der Waals surface area (Å²) in [6.45, 7) is 1.18. The Labute approximate surface area is 213 Å². The average Bonchev–Trinajstić information content (AvgIpc) is 3.12. The molecule has 8 heteroatoms. The van der Waals surface area contributed by atoms with E-state index in [1.165, 1.54) is 0 Å². The molecule has 3 N–H and O–H groups in total. The number of rotatable bonds is 6. The Morgan fingerprint density at radius 1 is 0.784 bits per heavy atom. The van der Waals surface area contributed by atoms with Crippen LogP contribution in [0.15, 0.2) is 97.1 Å². The molecular formula is C29H24N4O4. The monoisotopic (exact) mass is 492 g/mol. The lowest BCUT2D eigenvalue weighted by Crippen LogP contribution is -2.42. The first-order valence-electron chi connectivity index (χ1n) is 11.7. The summed E-state index contributed by atoms with van der Waals surface area (Å²) in [5.41, 5.74) is 0.758. The minimum atomic E-state index is -1.29. The molecule has 1 aliphatic rings. The zero-order chi connectivity index (χ0) is 26.0. The second-order valence-electron chi connectivity index (χ2n) is 8.96. The van der Waals surface area contributed by atoms with E-state index in [-0.39, 0.29) is 5.91 Å². The molecule has 37 heavy (non-hydrogen) atoms. The molecular weight excluding hydrogens is 468 g/mol. The van der Waals surface area contributed by atoms with E-state index < -0.39 is 29.9 Å². The van der Waals surface area contributed by atoms with Crippen molar-refractivity contribution in [1.82, 2.24) is 10.2 Å². The number of nitrogens with zero attached hydrogens (tertiary/aromatic N) is 1. The molecule has 0 saturated carbocycles. The molecule has 5 amide bonds. The predicted molar refractivity (Wildman–Crippen MR) is 141 cm³/mol.